The maximum atomic E-state index is 13.2. The first kappa shape index (κ1) is 18.8. The highest BCUT2D eigenvalue weighted by Gasteiger charge is 2.28. The first-order valence-electron chi connectivity index (χ1n) is 8.88. The van der Waals surface area contributed by atoms with E-state index in [-0.39, 0.29) is 18.0 Å². The lowest BCUT2D eigenvalue weighted by Crippen LogP contribution is -2.50. The van der Waals surface area contributed by atoms with Crippen molar-refractivity contribution in [2.45, 2.75) is 39.0 Å². The largest absolute Gasteiger partial charge is 0.367 e. The number of ether oxygens (including phenoxy) is 1. The van der Waals surface area contributed by atoms with E-state index in [1.807, 2.05) is 6.92 Å². The van der Waals surface area contributed by atoms with Gasteiger partial charge in [-0.15, -0.1) is 11.3 Å². The fraction of sp³-hybridized carbons (Fsp3) is 0.474. The van der Waals surface area contributed by atoms with Gasteiger partial charge in [0.2, 0.25) is 0 Å². The van der Waals surface area contributed by atoms with Crippen molar-refractivity contribution in [2.75, 3.05) is 20.1 Å². The van der Waals surface area contributed by atoms with Crippen LogP contribution in [0.25, 0.3) is 0 Å². The molecular weight excluding hydrogens is 351 g/mol. The number of benzene rings is 1. The van der Waals surface area contributed by atoms with Crippen LogP contribution in [0.5, 0.6) is 0 Å². The maximum Gasteiger partial charge on any atom is 0.194 e. The normalized spacial score (nSPS) is 21.1. The molecule has 0 radical (unpaired) electrons. The molecule has 3 rings (SSSR count). The Bertz CT molecular complexity index is 746. The summed E-state index contributed by atoms with van der Waals surface area (Å²) in [6, 6.07) is 6.52. The molecule has 1 fully saturated rings. The number of hydrogen-bond donors (Lipinski definition) is 1. The molecule has 0 spiro atoms. The minimum atomic E-state index is -0.235. The number of guanidine groups is 1. The van der Waals surface area contributed by atoms with Crippen molar-refractivity contribution in [3.63, 3.8) is 0 Å². The van der Waals surface area contributed by atoms with Crippen LogP contribution >= 0.6 is 11.3 Å². The minimum Gasteiger partial charge on any atom is -0.367 e. The molecule has 1 N–H and O–H groups in total. The van der Waals surface area contributed by atoms with Crippen molar-refractivity contribution in [1.82, 2.24) is 15.2 Å². The van der Waals surface area contributed by atoms with Gasteiger partial charge in [0.15, 0.2) is 5.96 Å². The Labute approximate surface area is 157 Å². The van der Waals surface area contributed by atoms with Crippen LogP contribution in [0, 0.1) is 5.82 Å². The number of nitrogens with one attached hydrogen (secondary N) is 1. The van der Waals surface area contributed by atoms with E-state index in [0.29, 0.717) is 13.1 Å². The molecule has 2 aromatic rings. The summed E-state index contributed by atoms with van der Waals surface area (Å²) in [5, 5.41) is 6.63. The zero-order chi connectivity index (χ0) is 18.5. The van der Waals surface area contributed by atoms with E-state index < -0.39 is 0 Å². The minimum absolute atomic E-state index is 0.0586. The standard InChI is InChI=1S/C19H25FN4OS/c1-4-18-23-16(12-26-18)9-22-19(21-3)24-10-13(2)25-17(11-24)14-5-7-15(20)8-6-14/h5-8,12-13,17H,4,9-11H2,1-3H3,(H,21,22). The molecule has 2 unspecified atom stereocenters. The van der Waals surface area contributed by atoms with E-state index in [0.717, 1.165) is 35.2 Å². The fourth-order valence-corrected chi connectivity index (χ4v) is 3.83. The Morgan fingerprint density at radius 2 is 2.15 bits per heavy atom. The van der Waals surface area contributed by atoms with Gasteiger partial charge in [0.25, 0.3) is 0 Å². The summed E-state index contributed by atoms with van der Waals surface area (Å²) in [7, 11) is 1.79. The predicted molar refractivity (Wildman–Crippen MR) is 103 cm³/mol. The van der Waals surface area contributed by atoms with Gasteiger partial charge in [-0.2, -0.15) is 0 Å². The Hall–Kier alpha value is -1.99. The summed E-state index contributed by atoms with van der Waals surface area (Å²) >= 11 is 1.69. The van der Waals surface area contributed by atoms with Gasteiger partial charge in [0.1, 0.15) is 11.9 Å². The summed E-state index contributed by atoms with van der Waals surface area (Å²) in [5.41, 5.74) is 2.01. The lowest BCUT2D eigenvalue weighted by molar-refractivity contribution is -0.0605. The number of morpholine rings is 1. The molecule has 0 amide bonds. The zero-order valence-corrected chi connectivity index (χ0v) is 16.2. The first-order valence-corrected chi connectivity index (χ1v) is 9.76. The molecule has 2 atom stereocenters. The number of aryl methyl sites for hydroxylation is 1. The lowest BCUT2D eigenvalue weighted by Gasteiger charge is -2.38. The summed E-state index contributed by atoms with van der Waals surface area (Å²) in [5.74, 6) is 0.597. The van der Waals surface area contributed by atoms with Gasteiger partial charge in [-0.25, -0.2) is 9.37 Å². The Morgan fingerprint density at radius 1 is 1.38 bits per heavy atom. The molecule has 1 aliphatic rings. The number of aliphatic imine (C=N–C) groups is 1. The summed E-state index contributed by atoms with van der Waals surface area (Å²) in [6.45, 7) is 6.24. The van der Waals surface area contributed by atoms with Crippen molar-refractivity contribution in [3.8, 4) is 0 Å². The number of hydrogen-bond acceptors (Lipinski definition) is 4. The van der Waals surface area contributed by atoms with E-state index in [9.17, 15) is 4.39 Å². The topological polar surface area (TPSA) is 49.8 Å². The van der Waals surface area contributed by atoms with Crippen LogP contribution in [0.4, 0.5) is 4.39 Å². The molecule has 1 aromatic heterocycles. The average molecular weight is 377 g/mol. The SMILES string of the molecule is CCc1nc(CNC(=NC)N2CC(C)OC(c3ccc(F)cc3)C2)cs1. The number of halogens is 1. The second kappa shape index (κ2) is 8.60. The molecular formula is C19H25FN4OS. The van der Waals surface area contributed by atoms with Crippen molar-refractivity contribution in [1.29, 1.82) is 0 Å². The highest BCUT2D eigenvalue weighted by atomic mass is 32.1. The Morgan fingerprint density at radius 3 is 2.81 bits per heavy atom. The number of thiazole rings is 1. The molecule has 2 heterocycles. The van der Waals surface area contributed by atoms with Crippen LogP contribution in [0.2, 0.25) is 0 Å². The van der Waals surface area contributed by atoms with E-state index in [1.165, 1.54) is 12.1 Å². The quantitative estimate of drug-likeness (QED) is 0.656. The molecule has 26 heavy (non-hydrogen) atoms. The van der Waals surface area contributed by atoms with E-state index >= 15 is 0 Å². The van der Waals surface area contributed by atoms with Gasteiger partial charge in [-0.05, 0) is 31.0 Å². The third kappa shape index (κ3) is 4.59. The van der Waals surface area contributed by atoms with Gasteiger partial charge in [-0.1, -0.05) is 19.1 Å². The van der Waals surface area contributed by atoms with Gasteiger partial charge in [0, 0.05) is 19.0 Å². The van der Waals surface area contributed by atoms with Gasteiger partial charge in [-0.3, -0.25) is 4.99 Å². The van der Waals surface area contributed by atoms with Gasteiger partial charge in [0.05, 0.1) is 29.9 Å². The molecule has 1 saturated heterocycles. The second-order valence-corrected chi connectivity index (χ2v) is 7.32. The molecule has 5 nitrogen and oxygen atoms in total. The van der Waals surface area contributed by atoms with Gasteiger partial charge < -0.3 is 15.0 Å². The first-order chi connectivity index (χ1) is 12.6. The van der Waals surface area contributed by atoms with Crippen molar-refractivity contribution < 1.29 is 9.13 Å². The highest BCUT2D eigenvalue weighted by Crippen LogP contribution is 2.25. The zero-order valence-electron chi connectivity index (χ0n) is 15.4. The molecule has 1 aromatic carbocycles. The van der Waals surface area contributed by atoms with Crippen LogP contribution in [-0.2, 0) is 17.7 Å². The van der Waals surface area contributed by atoms with Crippen molar-refractivity contribution >= 4 is 17.3 Å². The van der Waals surface area contributed by atoms with Gasteiger partial charge >= 0.3 is 0 Å². The lowest BCUT2D eigenvalue weighted by atomic mass is 10.1. The monoisotopic (exact) mass is 376 g/mol. The van der Waals surface area contributed by atoms with Crippen molar-refractivity contribution in [3.05, 3.63) is 51.7 Å². The summed E-state index contributed by atoms with van der Waals surface area (Å²) in [6.07, 6.45) is 0.909. The smallest absolute Gasteiger partial charge is 0.194 e. The molecule has 7 heteroatoms. The Kier molecular flexibility index (Phi) is 6.21. The van der Waals surface area contributed by atoms with Crippen molar-refractivity contribution in [2.24, 2.45) is 4.99 Å². The van der Waals surface area contributed by atoms with E-state index in [1.54, 1.807) is 30.5 Å². The molecule has 0 saturated carbocycles. The maximum absolute atomic E-state index is 13.2. The average Bonchev–Trinajstić information content (AvgIpc) is 3.10. The summed E-state index contributed by atoms with van der Waals surface area (Å²) in [4.78, 5) is 11.2. The third-order valence-corrected chi connectivity index (χ3v) is 5.38. The van der Waals surface area contributed by atoms with Crippen LogP contribution in [-0.4, -0.2) is 42.1 Å². The predicted octanol–water partition coefficient (Wildman–Crippen LogP) is 3.38. The van der Waals surface area contributed by atoms with Crippen LogP contribution in [0.3, 0.4) is 0 Å². The third-order valence-electron chi connectivity index (χ3n) is 4.34. The second-order valence-electron chi connectivity index (χ2n) is 6.38. The van der Waals surface area contributed by atoms with Crippen LogP contribution < -0.4 is 5.32 Å². The van der Waals surface area contributed by atoms with Crippen LogP contribution in [0.15, 0.2) is 34.6 Å². The Balaban J connectivity index is 1.66. The number of nitrogens with zero attached hydrogens (tertiary/aromatic N) is 3. The molecule has 1 aliphatic heterocycles. The van der Waals surface area contributed by atoms with E-state index in [4.69, 9.17) is 4.74 Å². The van der Waals surface area contributed by atoms with Crippen LogP contribution in [0.1, 0.15) is 36.2 Å². The highest BCUT2D eigenvalue weighted by molar-refractivity contribution is 7.09. The number of rotatable bonds is 4. The number of aromatic nitrogens is 1. The molecule has 0 aliphatic carbocycles. The summed E-state index contributed by atoms with van der Waals surface area (Å²) < 4.78 is 19.3. The van der Waals surface area contributed by atoms with E-state index in [2.05, 4.69) is 32.5 Å². The fourth-order valence-electron chi connectivity index (χ4n) is 3.08. The molecule has 0 bridgehead atoms. The molecule has 140 valence electrons.